The van der Waals surface area contributed by atoms with Crippen LogP contribution in [0, 0.1) is 0 Å². The molecule has 1 fully saturated rings. The van der Waals surface area contributed by atoms with Crippen LogP contribution in [-0.4, -0.2) is 50.7 Å². The summed E-state index contributed by atoms with van der Waals surface area (Å²) in [6.07, 6.45) is 3.87. The first-order valence-electron chi connectivity index (χ1n) is 9.00. The molecule has 0 radical (unpaired) electrons. The van der Waals surface area contributed by atoms with Gasteiger partial charge < -0.3 is 15.4 Å². The molecule has 5 nitrogen and oxygen atoms in total. The molecule has 2 N–H and O–H groups in total. The van der Waals surface area contributed by atoms with Gasteiger partial charge in [0.15, 0.2) is 5.96 Å². The van der Waals surface area contributed by atoms with Crippen LogP contribution < -0.4 is 15.4 Å². The van der Waals surface area contributed by atoms with Gasteiger partial charge in [0.25, 0.3) is 0 Å². The van der Waals surface area contributed by atoms with Gasteiger partial charge in [-0.2, -0.15) is 0 Å². The second-order valence-electron chi connectivity index (χ2n) is 6.61. The van der Waals surface area contributed by atoms with Crippen LogP contribution >= 0.6 is 24.0 Å². The molecule has 1 aliphatic rings. The molecule has 6 heteroatoms. The van der Waals surface area contributed by atoms with E-state index in [0.717, 1.165) is 31.3 Å². The highest BCUT2D eigenvalue weighted by Crippen LogP contribution is 2.30. The Morgan fingerprint density at radius 1 is 1.20 bits per heavy atom. The molecule has 0 aromatic heterocycles. The summed E-state index contributed by atoms with van der Waals surface area (Å²) in [4.78, 5) is 6.89. The molecule has 1 atom stereocenters. The van der Waals surface area contributed by atoms with E-state index in [4.69, 9.17) is 4.74 Å². The second-order valence-corrected chi connectivity index (χ2v) is 6.61. The van der Waals surface area contributed by atoms with Gasteiger partial charge in [-0.15, -0.1) is 24.0 Å². The normalized spacial score (nSPS) is 16.9. The molecule has 1 aromatic carbocycles. The van der Waals surface area contributed by atoms with Crippen molar-refractivity contribution < 1.29 is 4.74 Å². The number of para-hydroxylation sites is 1. The highest BCUT2D eigenvalue weighted by atomic mass is 127. The maximum Gasteiger partial charge on any atom is 0.191 e. The molecule has 0 amide bonds. The Morgan fingerprint density at radius 2 is 1.88 bits per heavy atom. The van der Waals surface area contributed by atoms with E-state index < -0.39 is 0 Å². The number of halogens is 1. The van der Waals surface area contributed by atoms with Crippen LogP contribution in [0.5, 0.6) is 5.75 Å². The van der Waals surface area contributed by atoms with E-state index >= 15 is 0 Å². The van der Waals surface area contributed by atoms with Crippen LogP contribution in [0.1, 0.15) is 44.7 Å². The third-order valence-electron chi connectivity index (χ3n) is 4.44. The molecule has 25 heavy (non-hydrogen) atoms. The Morgan fingerprint density at radius 3 is 2.48 bits per heavy atom. The molecule has 0 saturated carbocycles. The summed E-state index contributed by atoms with van der Waals surface area (Å²) in [5, 5.41) is 6.85. The first-order chi connectivity index (χ1) is 11.7. The number of piperidine rings is 1. The minimum Gasteiger partial charge on any atom is -0.496 e. The minimum absolute atomic E-state index is 0. The van der Waals surface area contributed by atoms with E-state index in [-0.39, 0.29) is 30.0 Å². The zero-order valence-electron chi connectivity index (χ0n) is 15.9. The van der Waals surface area contributed by atoms with Crippen LogP contribution in [0.25, 0.3) is 0 Å². The quantitative estimate of drug-likeness (QED) is 0.388. The van der Waals surface area contributed by atoms with Gasteiger partial charge >= 0.3 is 0 Å². The van der Waals surface area contributed by atoms with E-state index in [9.17, 15) is 0 Å². The smallest absolute Gasteiger partial charge is 0.191 e. The summed E-state index contributed by atoms with van der Waals surface area (Å²) >= 11 is 0. The predicted octanol–water partition coefficient (Wildman–Crippen LogP) is 3.41. The highest BCUT2D eigenvalue weighted by Gasteiger charge is 2.25. The standard InChI is InChI=1S/C19H32N4O.HI/c1-15(2)22-19(20-3)21-14-17(23-12-8-5-9-13-23)16-10-6-7-11-18(16)24-4;/h6-7,10-11,15,17H,5,8-9,12-14H2,1-4H3,(H2,20,21,22);1H. The monoisotopic (exact) mass is 460 g/mol. The van der Waals surface area contributed by atoms with Crippen LogP contribution in [0.15, 0.2) is 29.3 Å². The molecule has 1 unspecified atom stereocenters. The molecule has 1 aliphatic heterocycles. The lowest BCUT2D eigenvalue weighted by atomic mass is 10.0. The predicted molar refractivity (Wildman–Crippen MR) is 116 cm³/mol. The topological polar surface area (TPSA) is 48.9 Å². The molecule has 1 saturated heterocycles. The molecular weight excluding hydrogens is 427 g/mol. The van der Waals surface area contributed by atoms with Gasteiger partial charge in [-0.05, 0) is 45.8 Å². The molecule has 0 spiro atoms. The van der Waals surface area contributed by atoms with Gasteiger partial charge in [-0.3, -0.25) is 9.89 Å². The van der Waals surface area contributed by atoms with Gasteiger partial charge in [0.05, 0.1) is 13.2 Å². The lowest BCUT2D eigenvalue weighted by Crippen LogP contribution is -2.46. The summed E-state index contributed by atoms with van der Waals surface area (Å²) in [7, 11) is 3.56. The number of rotatable bonds is 6. The Kier molecular flexibility index (Phi) is 10.2. The van der Waals surface area contributed by atoms with Gasteiger partial charge in [-0.25, -0.2) is 0 Å². The maximum atomic E-state index is 5.61. The molecule has 1 aromatic rings. The highest BCUT2D eigenvalue weighted by molar-refractivity contribution is 14.0. The lowest BCUT2D eigenvalue weighted by Gasteiger charge is -2.36. The van der Waals surface area contributed by atoms with Crippen molar-refractivity contribution in [1.82, 2.24) is 15.5 Å². The van der Waals surface area contributed by atoms with Crippen LogP contribution in [-0.2, 0) is 0 Å². The average Bonchev–Trinajstić information content (AvgIpc) is 2.61. The van der Waals surface area contributed by atoms with Crippen molar-refractivity contribution >= 4 is 29.9 Å². The summed E-state index contributed by atoms with van der Waals surface area (Å²) in [6.45, 7) is 7.33. The molecule has 2 rings (SSSR count). The number of hydrogen-bond acceptors (Lipinski definition) is 3. The van der Waals surface area contributed by atoms with Crippen molar-refractivity contribution in [3.63, 3.8) is 0 Å². The number of nitrogens with one attached hydrogen (secondary N) is 2. The zero-order chi connectivity index (χ0) is 17.4. The third kappa shape index (κ3) is 6.66. The van der Waals surface area contributed by atoms with Crippen molar-refractivity contribution in [2.24, 2.45) is 4.99 Å². The fourth-order valence-corrected chi connectivity index (χ4v) is 3.27. The van der Waals surface area contributed by atoms with Crippen molar-refractivity contribution in [1.29, 1.82) is 0 Å². The van der Waals surface area contributed by atoms with Crippen molar-refractivity contribution in [3.05, 3.63) is 29.8 Å². The number of ether oxygens (including phenoxy) is 1. The number of hydrogen-bond donors (Lipinski definition) is 2. The Labute approximate surface area is 169 Å². The number of benzene rings is 1. The average molecular weight is 460 g/mol. The lowest BCUT2D eigenvalue weighted by molar-refractivity contribution is 0.161. The van der Waals surface area contributed by atoms with Crippen molar-refractivity contribution in [2.75, 3.05) is 33.8 Å². The number of likely N-dealkylation sites (tertiary alicyclic amines) is 1. The van der Waals surface area contributed by atoms with Crippen molar-refractivity contribution in [3.8, 4) is 5.75 Å². The van der Waals surface area contributed by atoms with Gasteiger partial charge in [0, 0.05) is 25.2 Å². The maximum absolute atomic E-state index is 5.61. The SMILES string of the molecule is CN=C(NCC(c1ccccc1OC)N1CCCCC1)NC(C)C.I. The van der Waals surface area contributed by atoms with Crippen LogP contribution in [0.3, 0.4) is 0 Å². The molecule has 0 aliphatic carbocycles. The summed E-state index contributed by atoms with van der Waals surface area (Å²) in [5.41, 5.74) is 1.24. The first-order valence-corrected chi connectivity index (χ1v) is 9.00. The first kappa shape index (κ1) is 22.0. The number of nitrogens with zero attached hydrogens (tertiary/aromatic N) is 2. The number of aliphatic imine (C=N–C) groups is 1. The van der Waals surface area contributed by atoms with Gasteiger partial charge in [0.1, 0.15) is 5.75 Å². The second kappa shape index (κ2) is 11.6. The number of guanidine groups is 1. The molecular formula is C19H33IN4O. The van der Waals surface area contributed by atoms with E-state index in [2.05, 4.69) is 46.5 Å². The van der Waals surface area contributed by atoms with Gasteiger partial charge in [-0.1, -0.05) is 24.6 Å². The van der Waals surface area contributed by atoms with Crippen LogP contribution in [0.4, 0.5) is 0 Å². The fourth-order valence-electron chi connectivity index (χ4n) is 3.27. The Hall–Kier alpha value is -1.02. The van der Waals surface area contributed by atoms with E-state index in [0.29, 0.717) is 6.04 Å². The van der Waals surface area contributed by atoms with Crippen molar-refractivity contribution in [2.45, 2.75) is 45.2 Å². The summed E-state index contributed by atoms with van der Waals surface area (Å²) in [6, 6.07) is 8.99. The fraction of sp³-hybridized carbons (Fsp3) is 0.632. The van der Waals surface area contributed by atoms with E-state index in [1.165, 1.54) is 24.8 Å². The summed E-state index contributed by atoms with van der Waals surface area (Å²) in [5.74, 6) is 1.81. The molecule has 0 bridgehead atoms. The minimum atomic E-state index is 0. The van der Waals surface area contributed by atoms with E-state index in [1.807, 2.05) is 19.2 Å². The Bertz CT molecular complexity index is 530. The summed E-state index contributed by atoms with van der Waals surface area (Å²) < 4.78 is 5.61. The third-order valence-corrected chi connectivity index (χ3v) is 4.44. The molecule has 1 heterocycles. The van der Waals surface area contributed by atoms with Crippen LogP contribution in [0.2, 0.25) is 0 Å². The number of methoxy groups -OCH3 is 1. The largest absolute Gasteiger partial charge is 0.496 e. The van der Waals surface area contributed by atoms with Gasteiger partial charge in [0.2, 0.25) is 0 Å². The molecule has 142 valence electrons. The van der Waals surface area contributed by atoms with E-state index in [1.54, 1.807) is 7.11 Å². The zero-order valence-corrected chi connectivity index (χ0v) is 18.2. The Balaban J connectivity index is 0.00000312.